The normalized spacial score (nSPS) is 10.3. The molecule has 2 amide bonds. The molecule has 23 heavy (non-hydrogen) atoms. The fraction of sp³-hybridized carbons (Fsp3) is 0.438. The smallest absolute Gasteiger partial charge is 0.413 e. The van der Waals surface area contributed by atoms with Gasteiger partial charge in [-0.1, -0.05) is 12.1 Å². The molecule has 7 heteroatoms. The molecule has 1 aromatic rings. The second kappa shape index (κ2) is 9.58. The molecule has 126 valence electrons. The van der Waals surface area contributed by atoms with Gasteiger partial charge in [0.2, 0.25) is 0 Å². The standard InChI is InChI=1S/C16H21NO6/c1-4-21-16(20)17-14(18)10-23-15(19)13-7-5-12(6-8-13)9-22-11(2)3/h5-8,11H,4,9-10H2,1-3H3,(H,17,18,20). The van der Waals surface area contributed by atoms with E-state index in [4.69, 9.17) is 9.47 Å². The van der Waals surface area contributed by atoms with E-state index in [1.54, 1.807) is 31.2 Å². The Hall–Kier alpha value is -2.41. The van der Waals surface area contributed by atoms with Crippen LogP contribution in [-0.2, 0) is 25.6 Å². The first kappa shape index (κ1) is 18.6. The lowest BCUT2D eigenvalue weighted by Crippen LogP contribution is -2.34. The molecule has 0 fully saturated rings. The maximum Gasteiger partial charge on any atom is 0.413 e. The number of carbonyl (C=O) groups is 3. The highest BCUT2D eigenvalue weighted by Crippen LogP contribution is 2.08. The van der Waals surface area contributed by atoms with Crippen LogP contribution < -0.4 is 5.32 Å². The average molecular weight is 323 g/mol. The SMILES string of the molecule is CCOC(=O)NC(=O)COC(=O)c1ccc(COC(C)C)cc1. The van der Waals surface area contributed by atoms with Gasteiger partial charge in [-0.15, -0.1) is 0 Å². The summed E-state index contributed by atoms with van der Waals surface area (Å²) in [5.41, 5.74) is 1.23. The molecule has 0 aliphatic rings. The van der Waals surface area contributed by atoms with E-state index in [1.807, 2.05) is 19.2 Å². The van der Waals surface area contributed by atoms with Gasteiger partial charge in [0.25, 0.3) is 5.91 Å². The van der Waals surface area contributed by atoms with E-state index in [2.05, 4.69) is 4.74 Å². The number of hydrogen-bond acceptors (Lipinski definition) is 6. The van der Waals surface area contributed by atoms with Gasteiger partial charge in [0.15, 0.2) is 6.61 Å². The number of hydrogen-bond donors (Lipinski definition) is 1. The molecule has 0 heterocycles. The van der Waals surface area contributed by atoms with Crippen LogP contribution in [0.2, 0.25) is 0 Å². The summed E-state index contributed by atoms with van der Waals surface area (Å²) in [5.74, 6) is -1.40. The van der Waals surface area contributed by atoms with Crippen LogP contribution in [0.5, 0.6) is 0 Å². The van der Waals surface area contributed by atoms with Gasteiger partial charge in [0.1, 0.15) is 0 Å². The largest absolute Gasteiger partial charge is 0.452 e. The molecule has 0 saturated carbocycles. The van der Waals surface area contributed by atoms with Crippen molar-refractivity contribution in [1.82, 2.24) is 5.32 Å². The predicted molar refractivity (Wildman–Crippen MR) is 81.8 cm³/mol. The van der Waals surface area contributed by atoms with Crippen molar-refractivity contribution in [1.29, 1.82) is 0 Å². The van der Waals surface area contributed by atoms with Crippen molar-refractivity contribution in [3.63, 3.8) is 0 Å². The van der Waals surface area contributed by atoms with Crippen molar-refractivity contribution in [2.24, 2.45) is 0 Å². The Morgan fingerprint density at radius 3 is 2.30 bits per heavy atom. The molecule has 0 unspecified atom stereocenters. The van der Waals surface area contributed by atoms with Gasteiger partial charge in [-0.2, -0.15) is 0 Å². The van der Waals surface area contributed by atoms with E-state index < -0.39 is 24.6 Å². The number of esters is 1. The van der Waals surface area contributed by atoms with Crippen molar-refractivity contribution >= 4 is 18.0 Å². The monoisotopic (exact) mass is 323 g/mol. The zero-order valence-corrected chi connectivity index (χ0v) is 13.5. The molecular formula is C16H21NO6. The molecule has 0 aliphatic carbocycles. The first-order chi connectivity index (χ1) is 10.9. The highest BCUT2D eigenvalue weighted by atomic mass is 16.6. The molecule has 0 spiro atoms. The quantitative estimate of drug-likeness (QED) is 0.772. The summed E-state index contributed by atoms with van der Waals surface area (Å²) >= 11 is 0. The van der Waals surface area contributed by atoms with E-state index in [0.29, 0.717) is 12.2 Å². The molecule has 1 aromatic carbocycles. The Kier molecular flexibility index (Phi) is 7.76. The van der Waals surface area contributed by atoms with Crippen LogP contribution in [0.4, 0.5) is 4.79 Å². The Bertz CT molecular complexity index is 538. The number of ether oxygens (including phenoxy) is 3. The number of rotatable bonds is 7. The highest BCUT2D eigenvalue weighted by molar-refractivity contribution is 5.95. The summed E-state index contributed by atoms with van der Waals surface area (Å²) in [6, 6.07) is 6.67. The van der Waals surface area contributed by atoms with E-state index in [9.17, 15) is 14.4 Å². The lowest BCUT2D eigenvalue weighted by molar-refractivity contribution is -0.123. The Labute approximate surface area is 134 Å². The van der Waals surface area contributed by atoms with Crippen LogP contribution >= 0.6 is 0 Å². The average Bonchev–Trinajstić information content (AvgIpc) is 2.51. The number of imide groups is 1. The number of carbonyl (C=O) groups excluding carboxylic acids is 3. The third kappa shape index (κ3) is 7.42. The van der Waals surface area contributed by atoms with Gasteiger partial charge >= 0.3 is 12.1 Å². The fourth-order valence-electron chi connectivity index (χ4n) is 1.53. The van der Waals surface area contributed by atoms with Gasteiger partial charge in [0, 0.05) is 0 Å². The summed E-state index contributed by atoms with van der Waals surface area (Å²) in [4.78, 5) is 34.2. The first-order valence-electron chi connectivity index (χ1n) is 7.26. The maximum atomic E-state index is 11.8. The molecular weight excluding hydrogens is 302 g/mol. The van der Waals surface area contributed by atoms with E-state index in [1.165, 1.54) is 0 Å². The second-order valence-electron chi connectivity index (χ2n) is 4.90. The number of benzene rings is 1. The zero-order valence-electron chi connectivity index (χ0n) is 13.5. The first-order valence-corrected chi connectivity index (χ1v) is 7.26. The van der Waals surface area contributed by atoms with E-state index in [0.717, 1.165) is 5.56 Å². The summed E-state index contributed by atoms with van der Waals surface area (Å²) < 4.78 is 14.8. The lowest BCUT2D eigenvalue weighted by Gasteiger charge is -2.08. The van der Waals surface area contributed by atoms with Crippen molar-refractivity contribution in [3.05, 3.63) is 35.4 Å². The molecule has 0 bridgehead atoms. The molecule has 1 rings (SSSR count). The Morgan fingerprint density at radius 2 is 1.74 bits per heavy atom. The minimum Gasteiger partial charge on any atom is -0.452 e. The van der Waals surface area contributed by atoms with Gasteiger partial charge in [0.05, 0.1) is 24.9 Å². The summed E-state index contributed by atoms with van der Waals surface area (Å²) in [6.45, 7) is 5.52. The molecule has 0 radical (unpaired) electrons. The molecule has 0 atom stereocenters. The van der Waals surface area contributed by atoms with Crippen LogP contribution in [0.1, 0.15) is 36.7 Å². The van der Waals surface area contributed by atoms with Crippen molar-refractivity contribution in [2.75, 3.05) is 13.2 Å². The van der Waals surface area contributed by atoms with E-state index in [-0.39, 0.29) is 12.7 Å². The minimum atomic E-state index is -0.872. The van der Waals surface area contributed by atoms with Crippen LogP contribution in [0.15, 0.2) is 24.3 Å². The summed E-state index contributed by atoms with van der Waals surface area (Å²) in [6.07, 6.45) is -0.749. The Morgan fingerprint density at radius 1 is 1.09 bits per heavy atom. The minimum absolute atomic E-state index is 0.123. The molecule has 7 nitrogen and oxygen atoms in total. The van der Waals surface area contributed by atoms with Gasteiger partial charge in [-0.05, 0) is 38.5 Å². The lowest BCUT2D eigenvalue weighted by atomic mass is 10.1. The summed E-state index contributed by atoms with van der Waals surface area (Å²) in [7, 11) is 0. The van der Waals surface area contributed by atoms with Crippen molar-refractivity contribution in [3.8, 4) is 0 Å². The van der Waals surface area contributed by atoms with Crippen LogP contribution in [0, 0.1) is 0 Å². The maximum absolute atomic E-state index is 11.8. The number of alkyl carbamates (subject to hydrolysis) is 1. The second-order valence-corrected chi connectivity index (χ2v) is 4.90. The van der Waals surface area contributed by atoms with Gasteiger partial charge < -0.3 is 14.2 Å². The molecule has 0 aliphatic heterocycles. The number of amides is 2. The summed E-state index contributed by atoms with van der Waals surface area (Å²) in [5, 5.41) is 1.93. The molecule has 0 aromatic heterocycles. The third-order valence-electron chi connectivity index (χ3n) is 2.62. The van der Waals surface area contributed by atoms with Gasteiger partial charge in [-0.25, -0.2) is 9.59 Å². The van der Waals surface area contributed by atoms with Crippen LogP contribution in [-0.4, -0.2) is 37.3 Å². The highest BCUT2D eigenvalue weighted by Gasteiger charge is 2.12. The van der Waals surface area contributed by atoms with Crippen molar-refractivity contribution in [2.45, 2.75) is 33.5 Å². The number of nitrogens with one attached hydrogen (secondary N) is 1. The third-order valence-corrected chi connectivity index (χ3v) is 2.62. The fourth-order valence-corrected chi connectivity index (χ4v) is 1.53. The van der Waals surface area contributed by atoms with Crippen LogP contribution in [0.3, 0.4) is 0 Å². The van der Waals surface area contributed by atoms with Gasteiger partial charge in [-0.3, -0.25) is 10.1 Å². The van der Waals surface area contributed by atoms with E-state index >= 15 is 0 Å². The molecule has 0 saturated heterocycles. The predicted octanol–water partition coefficient (Wildman–Crippen LogP) is 2.04. The topological polar surface area (TPSA) is 90.9 Å². The zero-order chi connectivity index (χ0) is 17.2. The van der Waals surface area contributed by atoms with Crippen LogP contribution in [0.25, 0.3) is 0 Å². The molecule has 1 N–H and O–H groups in total. The Balaban J connectivity index is 2.42. The van der Waals surface area contributed by atoms with Crippen molar-refractivity contribution < 1.29 is 28.6 Å².